The Balaban J connectivity index is 2.01. The highest BCUT2D eigenvalue weighted by Crippen LogP contribution is 2.25. The summed E-state index contributed by atoms with van der Waals surface area (Å²) in [5, 5.41) is 16.6. The molecule has 0 saturated carbocycles. The molecule has 6 nitrogen and oxygen atoms in total. The van der Waals surface area contributed by atoms with Gasteiger partial charge in [0.05, 0.1) is 22.7 Å². The molecule has 0 fully saturated rings. The minimum atomic E-state index is -0.464. The number of amides is 1. The fourth-order valence-corrected chi connectivity index (χ4v) is 2.33. The normalized spacial score (nSPS) is 10.2. The molecule has 0 bridgehead atoms. The number of carbonyl (C=O) groups is 1. The largest absolute Gasteiger partial charge is 0.376 e. The van der Waals surface area contributed by atoms with Gasteiger partial charge in [-0.25, -0.2) is 0 Å². The van der Waals surface area contributed by atoms with E-state index < -0.39 is 4.92 Å². The molecule has 0 aliphatic heterocycles. The van der Waals surface area contributed by atoms with Crippen molar-refractivity contribution in [3.05, 3.63) is 62.1 Å². The van der Waals surface area contributed by atoms with Crippen molar-refractivity contribution in [3.8, 4) is 0 Å². The number of nitro benzene ring substituents is 1. The van der Waals surface area contributed by atoms with Crippen LogP contribution in [0.5, 0.6) is 0 Å². The Morgan fingerprint density at radius 2 is 2.00 bits per heavy atom. The quantitative estimate of drug-likeness (QED) is 0.608. The second-order valence-electron chi connectivity index (χ2n) is 5.07. The van der Waals surface area contributed by atoms with Crippen molar-refractivity contribution < 1.29 is 9.72 Å². The third-order valence-corrected chi connectivity index (χ3v) is 4.28. The molecule has 2 aromatic rings. The van der Waals surface area contributed by atoms with Crippen LogP contribution in [0.2, 0.25) is 0 Å². The Morgan fingerprint density at radius 3 is 2.65 bits per heavy atom. The van der Waals surface area contributed by atoms with Crippen molar-refractivity contribution in [2.75, 3.05) is 17.2 Å². The monoisotopic (exact) mass is 377 g/mol. The summed E-state index contributed by atoms with van der Waals surface area (Å²) in [7, 11) is 0. The van der Waals surface area contributed by atoms with Crippen LogP contribution in [0, 0.1) is 24.0 Å². The first-order valence-corrected chi connectivity index (χ1v) is 7.71. The van der Waals surface area contributed by atoms with Crippen LogP contribution in [0.3, 0.4) is 0 Å². The first kappa shape index (κ1) is 17.0. The lowest BCUT2D eigenvalue weighted by Gasteiger charge is -2.10. The maximum absolute atomic E-state index is 12.0. The van der Waals surface area contributed by atoms with E-state index in [2.05, 4.69) is 26.6 Å². The van der Waals surface area contributed by atoms with Crippen LogP contribution in [-0.2, 0) is 4.79 Å². The Hall–Kier alpha value is -2.41. The number of hydrogen-bond acceptors (Lipinski definition) is 4. The minimum Gasteiger partial charge on any atom is -0.376 e. The first-order valence-electron chi connectivity index (χ1n) is 6.92. The summed E-state index contributed by atoms with van der Waals surface area (Å²) in [6, 6.07) is 10.3. The molecular weight excluding hydrogens is 362 g/mol. The van der Waals surface area contributed by atoms with Gasteiger partial charge in [-0.3, -0.25) is 14.9 Å². The molecule has 0 spiro atoms. The van der Waals surface area contributed by atoms with Crippen LogP contribution in [0.4, 0.5) is 17.1 Å². The molecule has 23 heavy (non-hydrogen) atoms. The number of rotatable bonds is 5. The van der Waals surface area contributed by atoms with Gasteiger partial charge in [0, 0.05) is 16.2 Å². The Bertz CT molecular complexity index is 762. The fraction of sp³-hybridized carbons (Fsp3) is 0.188. The number of benzene rings is 2. The molecule has 2 rings (SSSR count). The van der Waals surface area contributed by atoms with E-state index in [0.717, 1.165) is 15.7 Å². The summed E-state index contributed by atoms with van der Waals surface area (Å²) in [6.45, 7) is 3.64. The van der Waals surface area contributed by atoms with Crippen molar-refractivity contribution >= 4 is 38.9 Å². The van der Waals surface area contributed by atoms with Crippen molar-refractivity contribution in [3.63, 3.8) is 0 Å². The van der Waals surface area contributed by atoms with Gasteiger partial charge >= 0.3 is 0 Å². The number of aryl methyl sites for hydroxylation is 1. The lowest BCUT2D eigenvalue weighted by molar-refractivity contribution is -0.385. The molecule has 0 aliphatic carbocycles. The van der Waals surface area contributed by atoms with E-state index in [0.29, 0.717) is 11.3 Å². The average molecular weight is 378 g/mol. The van der Waals surface area contributed by atoms with Crippen LogP contribution in [-0.4, -0.2) is 17.4 Å². The zero-order valence-electron chi connectivity index (χ0n) is 12.7. The standard InChI is InChI=1S/C16H16BrN3O3/c1-10-8-12(6-7-13(10)17)18-9-16(21)19-14-4-3-5-15(11(14)2)20(22)23/h3-8,18H,9H2,1-2H3,(H,19,21). The molecule has 2 N–H and O–H groups in total. The maximum atomic E-state index is 12.0. The number of nitrogens with zero attached hydrogens (tertiary/aromatic N) is 1. The molecule has 0 aliphatic rings. The van der Waals surface area contributed by atoms with Gasteiger partial charge in [0.15, 0.2) is 0 Å². The number of carbonyl (C=O) groups excluding carboxylic acids is 1. The summed E-state index contributed by atoms with van der Waals surface area (Å²) in [6.07, 6.45) is 0. The second-order valence-corrected chi connectivity index (χ2v) is 5.93. The highest BCUT2D eigenvalue weighted by molar-refractivity contribution is 9.10. The zero-order chi connectivity index (χ0) is 17.0. The molecule has 0 aromatic heterocycles. The minimum absolute atomic E-state index is 0.0145. The van der Waals surface area contributed by atoms with E-state index in [9.17, 15) is 14.9 Å². The third kappa shape index (κ3) is 4.29. The van der Waals surface area contributed by atoms with Crippen molar-refractivity contribution in [2.45, 2.75) is 13.8 Å². The zero-order valence-corrected chi connectivity index (χ0v) is 14.3. The van der Waals surface area contributed by atoms with Crippen LogP contribution >= 0.6 is 15.9 Å². The molecule has 0 radical (unpaired) electrons. The van der Waals surface area contributed by atoms with Crippen LogP contribution in [0.15, 0.2) is 40.9 Å². The van der Waals surface area contributed by atoms with E-state index in [1.54, 1.807) is 19.1 Å². The molecule has 7 heteroatoms. The van der Waals surface area contributed by atoms with Crippen molar-refractivity contribution in [1.29, 1.82) is 0 Å². The van der Waals surface area contributed by atoms with Crippen molar-refractivity contribution in [2.24, 2.45) is 0 Å². The van der Waals surface area contributed by atoms with Crippen LogP contribution < -0.4 is 10.6 Å². The highest BCUT2D eigenvalue weighted by atomic mass is 79.9. The van der Waals surface area contributed by atoms with Gasteiger partial charge < -0.3 is 10.6 Å². The summed E-state index contributed by atoms with van der Waals surface area (Å²) >= 11 is 3.42. The number of anilines is 2. The molecule has 0 heterocycles. The van der Waals surface area contributed by atoms with Gasteiger partial charge in [-0.1, -0.05) is 22.0 Å². The molecule has 0 saturated heterocycles. The SMILES string of the molecule is Cc1cc(NCC(=O)Nc2cccc([N+](=O)[O-])c2C)ccc1Br. The summed E-state index contributed by atoms with van der Waals surface area (Å²) in [4.78, 5) is 22.5. The van der Waals surface area contributed by atoms with Gasteiger partial charge in [-0.2, -0.15) is 0 Å². The van der Waals surface area contributed by atoms with E-state index >= 15 is 0 Å². The van der Waals surface area contributed by atoms with E-state index in [1.807, 2.05) is 25.1 Å². The molecule has 120 valence electrons. The van der Waals surface area contributed by atoms with Crippen LogP contribution in [0.1, 0.15) is 11.1 Å². The predicted octanol–water partition coefficient (Wildman–Crippen LogP) is 4.02. The van der Waals surface area contributed by atoms with Gasteiger partial charge in [0.1, 0.15) is 0 Å². The number of nitro groups is 1. The highest BCUT2D eigenvalue weighted by Gasteiger charge is 2.14. The van der Waals surface area contributed by atoms with E-state index in [4.69, 9.17) is 0 Å². The maximum Gasteiger partial charge on any atom is 0.274 e. The summed E-state index contributed by atoms with van der Waals surface area (Å²) in [5.41, 5.74) is 2.75. The van der Waals surface area contributed by atoms with Gasteiger partial charge in [0.25, 0.3) is 5.69 Å². The van der Waals surface area contributed by atoms with E-state index in [-0.39, 0.29) is 18.1 Å². The number of nitrogens with one attached hydrogen (secondary N) is 2. The molecular formula is C16H16BrN3O3. The lowest BCUT2D eigenvalue weighted by atomic mass is 10.1. The number of halogens is 1. The topological polar surface area (TPSA) is 84.3 Å². The molecule has 0 unspecified atom stereocenters. The third-order valence-electron chi connectivity index (χ3n) is 3.39. The smallest absolute Gasteiger partial charge is 0.274 e. The second kappa shape index (κ2) is 7.23. The Morgan fingerprint density at radius 1 is 1.26 bits per heavy atom. The fourth-order valence-electron chi connectivity index (χ4n) is 2.09. The number of hydrogen-bond donors (Lipinski definition) is 2. The molecule has 2 aromatic carbocycles. The molecule has 0 atom stereocenters. The average Bonchev–Trinajstić information content (AvgIpc) is 2.50. The lowest BCUT2D eigenvalue weighted by Crippen LogP contribution is -2.22. The van der Waals surface area contributed by atoms with Gasteiger partial charge in [0.2, 0.25) is 5.91 Å². The van der Waals surface area contributed by atoms with Gasteiger partial charge in [-0.05, 0) is 43.7 Å². The Kier molecular flexibility index (Phi) is 5.33. The Labute approximate surface area is 142 Å². The van der Waals surface area contributed by atoms with E-state index in [1.165, 1.54) is 6.07 Å². The summed E-state index contributed by atoms with van der Waals surface area (Å²) < 4.78 is 1.000. The van der Waals surface area contributed by atoms with Crippen LogP contribution in [0.25, 0.3) is 0 Å². The van der Waals surface area contributed by atoms with Crippen molar-refractivity contribution in [1.82, 2.24) is 0 Å². The molecule has 1 amide bonds. The van der Waals surface area contributed by atoms with Gasteiger partial charge in [-0.15, -0.1) is 0 Å². The first-order chi connectivity index (χ1) is 10.9. The summed E-state index contributed by atoms with van der Waals surface area (Å²) in [5.74, 6) is -0.269. The predicted molar refractivity (Wildman–Crippen MR) is 93.8 cm³/mol.